The normalized spacial score (nSPS) is 41.1. The second-order valence-corrected chi connectivity index (χ2v) is 9.29. The Morgan fingerprint density at radius 1 is 1.32 bits per heavy atom. The van der Waals surface area contributed by atoms with E-state index in [1.165, 1.54) is 0 Å². The van der Waals surface area contributed by atoms with Crippen molar-refractivity contribution in [3.63, 3.8) is 0 Å². The van der Waals surface area contributed by atoms with Crippen LogP contribution in [0.2, 0.25) is 0 Å². The molecule has 4 bridgehead atoms. The highest BCUT2D eigenvalue weighted by atomic mass is 16.4. The maximum absolute atomic E-state index is 12.0. The molecule has 7 nitrogen and oxygen atoms in total. The molecule has 0 spiro atoms. The van der Waals surface area contributed by atoms with Gasteiger partial charge < -0.3 is 20.4 Å². The third-order valence-corrected chi connectivity index (χ3v) is 7.66. The monoisotopic (exact) mass is 382 g/mol. The molecule has 148 valence electrons. The zero-order valence-corrected chi connectivity index (χ0v) is 15.8. The first-order valence-corrected chi connectivity index (χ1v) is 10.3. The fourth-order valence-corrected chi connectivity index (χ4v) is 7.04. The average Bonchev–Trinajstić information content (AvgIpc) is 3.04. The minimum Gasteiger partial charge on any atom is -0.465 e. The first kappa shape index (κ1) is 17.7. The number of anilines is 1. The number of nitrogens with one attached hydrogen (secondary N) is 1. The predicted octanol–water partition coefficient (Wildman–Crippen LogP) is 2.67. The number of nitriles is 1. The zero-order valence-electron chi connectivity index (χ0n) is 15.8. The number of amides is 1. The van der Waals surface area contributed by atoms with Crippen molar-refractivity contribution in [2.75, 3.05) is 11.9 Å². The quantitative estimate of drug-likeness (QED) is 0.741. The minimum absolute atomic E-state index is 0.0599. The van der Waals surface area contributed by atoms with Gasteiger partial charge in [0, 0.05) is 12.7 Å². The molecule has 5 fully saturated rings. The molecule has 7 atom stereocenters. The third kappa shape index (κ3) is 2.74. The highest BCUT2D eigenvalue weighted by molar-refractivity contribution is 5.66. The molecule has 0 radical (unpaired) electrons. The molecule has 1 amide bonds. The Balaban J connectivity index is 1.46. The number of hydrogen-bond donors (Lipinski definition) is 3. The van der Waals surface area contributed by atoms with E-state index >= 15 is 0 Å². The topological polar surface area (TPSA) is 109 Å². The van der Waals surface area contributed by atoms with Gasteiger partial charge >= 0.3 is 6.09 Å². The summed E-state index contributed by atoms with van der Waals surface area (Å²) in [6.07, 6.45) is 6.22. The fraction of sp³-hybridized carbons (Fsp3) is 0.667. The molecule has 0 aromatic carbocycles. The summed E-state index contributed by atoms with van der Waals surface area (Å²) in [6, 6.07) is 5.43. The van der Waals surface area contributed by atoms with E-state index in [0.717, 1.165) is 32.1 Å². The molecule has 1 aromatic heterocycles. The molecule has 4 aliphatic carbocycles. The van der Waals surface area contributed by atoms with Gasteiger partial charge in [0.25, 0.3) is 0 Å². The van der Waals surface area contributed by atoms with Crippen LogP contribution in [0.5, 0.6) is 0 Å². The number of nitrogens with zero attached hydrogens (tertiary/aromatic N) is 3. The van der Waals surface area contributed by atoms with Gasteiger partial charge in [0.15, 0.2) is 0 Å². The molecule has 4 saturated carbocycles. The summed E-state index contributed by atoms with van der Waals surface area (Å²) >= 11 is 0. The summed E-state index contributed by atoms with van der Waals surface area (Å²) in [6.45, 7) is 0.496. The van der Waals surface area contributed by atoms with E-state index in [9.17, 15) is 20.3 Å². The SMILES string of the molecule is N#Cc1cccnc1NC1CCN(C(=O)O)C1C1[C@@H]2CC3C[C@H]1CC(O)(C3)C2. The molecular formula is C21H26N4O3. The molecule has 5 unspecified atom stereocenters. The maximum Gasteiger partial charge on any atom is 0.407 e. The summed E-state index contributed by atoms with van der Waals surface area (Å²) in [5.74, 6) is 2.15. The standard InChI is InChI=1S/C21H26N4O3/c22-11-13-2-1-4-23-19(13)24-16-3-5-25(20(26)27)18(16)17-14-6-12-7-15(17)10-21(28,8-12)9-14/h1-2,4,12,14-18,28H,3,5-10H2,(H,23,24)(H,26,27)/t12?,14-,15+,16?,17?,18?,21?. The van der Waals surface area contributed by atoms with Crippen molar-refractivity contribution in [1.29, 1.82) is 5.26 Å². The lowest BCUT2D eigenvalue weighted by atomic mass is 9.48. The Hall–Kier alpha value is -2.33. The number of hydrogen-bond acceptors (Lipinski definition) is 5. The molecule has 1 saturated heterocycles. The lowest BCUT2D eigenvalue weighted by Gasteiger charge is -2.60. The Bertz CT molecular complexity index is 821. The van der Waals surface area contributed by atoms with Gasteiger partial charge in [0.2, 0.25) is 0 Å². The van der Waals surface area contributed by atoms with Crippen molar-refractivity contribution in [2.24, 2.45) is 23.7 Å². The van der Waals surface area contributed by atoms with Gasteiger partial charge in [-0.1, -0.05) is 0 Å². The van der Waals surface area contributed by atoms with E-state index in [-0.39, 0.29) is 18.0 Å². The Kier molecular flexibility index (Phi) is 4.02. The number of rotatable bonds is 3. The van der Waals surface area contributed by atoms with E-state index in [1.54, 1.807) is 23.2 Å². The molecule has 2 heterocycles. The molecule has 5 aliphatic rings. The number of likely N-dealkylation sites (tertiary alicyclic amines) is 1. The Morgan fingerprint density at radius 3 is 2.71 bits per heavy atom. The van der Waals surface area contributed by atoms with Crippen molar-refractivity contribution in [3.05, 3.63) is 23.9 Å². The highest BCUT2D eigenvalue weighted by Gasteiger charge is 2.59. The van der Waals surface area contributed by atoms with Gasteiger partial charge in [-0.25, -0.2) is 9.78 Å². The summed E-state index contributed by atoms with van der Waals surface area (Å²) in [5.41, 5.74) is -0.0493. The number of carboxylic acid groups (broad SMARTS) is 1. The van der Waals surface area contributed by atoms with Crippen LogP contribution in [0, 0.1) is 35.0 Å². The molecule has 1 aliphatic heterocycles. The van der Waals surface area contributed by atoms with Gasteiger partial charge in [-0.2, -0.15) is 5.26 Å². The van der Waals surface area contributed by atoms with Crippen molar-refractivity contribution in [1.82, 2.24) is 9.88 Å². The van der Waals surface area contributed by atoms with Gasteiger partial charge in [-0.15, -0.1) is 0 Å². The van der Waals surface area contributed by atoms with Crippen LogP contribution < -0.4 is 5.32 Å². The number of carbonyl (C=O) groups is 1. The van der Waals surface area contributed by atoms with Gasteiger partial charge in [-0.05, 0) is 74.3 Å². The molecular weight excluding hydrogens is 356 g/mol. The summed E-state index contributed by atoms with van der Waals surface area (Å²) in [4.78, 5) is 17.9. The molecule has 6 rings (SSSR count). The number of pyridine rings is 1. The van der Waals surface area contributed by atoms with E-state index in [2.05, 4.69) is 16.4 Å². The van der Waals surface area contributed by atoms with Crippen molar-refractivity contribution >= 4 is 11.9 Å². The van der Waals surface area contributed by atoms with Crippen molar-refractivity contribution < 1.29 is 15.0 Å². The Labute approximate surface area is 164 Å². The highest BCUT2D eigenvalue weighted by Crippen LogP contribution is 2.60. The minimum atomic E-state index is -0.872. The molecule has 3 N–H and O–H groups in total. The van der Waals surface area contributed by atoms with Crippen molar-refractivity contribution in [3.8, 4) is 6.07 Å². The largest absolute Gasteiger partial charge is 0.465 e. The summed E-state index contributed by atoms with van der Waals surface area (Å²) in [7, 11) is 0. The lowest BCUT2D eigenvalue weighted by molar-refractivity contribution is -0.162. The average molecular weight is 382 g/mol. The third-order valence-electron chi connectivity index (χ3n) is 7.66. The van der Waals surface area contributed by atoms with Gasteiger partial charge in [0.1, 0.15) is 11.9 Å². The van der Waals surface area contributed by atoms with Crippen LogP contribution in [0.3, 0.4) is 0 Å². The van der Waals surface area contributed by atoms with Crippen LogP contribution in [0.15, 0.2) is 18.3 Å². The van der Waals surface area contributed by atoms with E-state index < -0.39 is 11.7 Å². The predicted molar refractivity (Wildman–Crippen MR) is 101 cm³/mol. The summed E-state index contributed by atoms with van der Waals surface area (Å²) in [5, 5.41) is 33.6. The zero-order chi connectivity index (χ0) is 19.5. The van der Waals surface area contributed by atoms with Crippen LogP contribution in [0.25, 0.3) is 0 Å². The summed E-state index contributed by atoms with van der Waals surface area (Å²) < 4.78 is 0. The first-order valence-electron chi connectivity index (χ1n) is 10.3. The van der Waals surface area contributed by atoms with Crippen LogP contribution in [0.1, 0.15) is 44.1 Å². The van der Waals surface area contributed by atoms with E-state index in [1.807, 2.05) is 0 Å². The second-order valence-electron chi connectivity index (χ2n) is 9.29. The van der Waals surface area contributed by atoms with Gasteiger partial charge in [0.05, 0.1) is 23.2 Å². The van der Waals surface area contributed by atoms with Crippen LogP contribution in [-0.2, 0) is 0 Å². The second kappa shape index (κ2) is 6.35. The van der Waals surface area contributed by atoms with Crippen LogP contribution in [0.4, 0.5) is 10.6 Å². The first-order chi connectivity index (χ1) is 13.5. The van der Waals surface area contributed by atoms with E-state index in [0.29, 0.717) is 42.1 Å². The molecule has 28 heavy (non-hydrogen) atoms. The van der Waals surface area contributed by atoms with E-state index in [4.69, 9.17) is 0 Å². The van der Waals surface area contributed by atoms with Crippen molar-refractivity contribution in [2.45, 2.75) is 56.2 Å². The lowest BCUT2D eigenvalue weighted by Crippen LogP contribution is -2.61. The van der Waals surface area contributed by atoms with Gasteiger partial charge in [-0.3, -0.25) is 0 Å². The number of aliphatic hydroxyl groups is 1. The molecule has 7 heteroatoms. The molecule has 1 aromatic rings. The van der Waals surface area contributed by atoms with Crippen LogP contribution >= 0.6 is 0 Å². The number of aromatic nitrogens is 1. The maximum atomic E-state index is 12.0. The Morgan fingerprint density at radius 2 is 2.07 bits per heavy atom. The van der Waals surface area contributed by atoms with Crippen LogP contribution in [-0.4, -0.2) is 50.4 Å². The fourth-order valence-electron chi connectivity index (χ4n) is 7.04. The smallest absolute Gasteiger partial charge is 0.407 e.